The van der Waals surface area contributed by atoms with Crippen LogP contribution in [0.3, 0.4) is 0 Å². The van der Waals surface area contributed by atoms with Crippen molar-refractivity contribution >= 4 is 40.0 Å². The van der Waals surface area contributed by atoms with Crippen LogP contribution in [0.2, 0.25) is 0 Å². The lowest BCUT2D eigenvalue weighted by Crippen LogP contribution is -2.42. The predicted molar refractivity (Wildman–Crippen MR) is 138 cm³/mol. The Bertz CT molecular complexity index is 1130. The molecule has 0 radical (unpaired) electrons. The summed E-state index contributed by atoms with van der Waals surface area (Å²) in [5.74, 6) is 0.394. The Labute approximate surface area is 213 Å². The largest absolute Gasteiger partial charge is 0.497 e. The second kappa shape index (κ2) is 12.2. The Morgan fingerprint density at radius 3 is 2.97 bits per heavy atom. The summed E-state index contributed by atoms with van der Waals surface area (Å²) >= 11 is 3.57. The maximum atomic E-state index is 14.7. The van der Waals surface area contributed by atoms with Crippen molar-refractivity contribution in [3.63, 3.8) is 0 Å². The molecular formula is C26H31FN2O4S2. The fourth-order valence-corrected chi connectivity index (χ4v) is 6.83. The summed E-state index contributed by atoms with van der Waals surface area (Å²) in [5.41, 5.74) is 0.824. The molecule has 3 heterocycles. The highest BCUT2D eigenvalue weighted by molar-refractivity contribution is 8.01. The number of nitrogens with zero attached hydrogens (tertiary/aromatic N) is 2. The van der Waals surface area contributed by atoms with Gasteiger partial charge in [-0.1, -0.05) is 6.07 Å². The Kier molecular flexibility index (Phi) is 8.99. The highest BCUT2D eigenvalue weighted by Crippen LogP contribution is 2.36. The first kappa shape index (κ1) is 25.9. The molecule has 188 valence electrons. The number of carbonyl (C=O) groups is 1. The van der Waals surface area contributed by atoms with Crippen molar-refractivity contribution in [2.75, 3.05) is 32.5 Å². The van der Waals surface area contributed by atoms with Crippen LogP contribution in [0.25, 0.3) is 10.9 Å². The number of aliphatic carboxylic acids is 1. The van der Waals surface area contributed by atoms with Crippen molar-refractivity contribution < 1.29 is 24.1 Å². The smallest absolute Gasteiger partial charge is 0.303 e. The van der Waals surface area contributed by atoms with Crippen LogP contribution in [0.4, 0.5) is 4.39 Å². The van der Waals surface area contributed by atoms with E-state index in [0.29, 0.717) is 29.5 Å². The van der Waals surface area contributed by atoms with Gasteiger partial charge in [0.05, 0.1) is 29.1 Å². The van der Waals surface area contributed by atoms with Crippen LogP contribution in [0.1, 0.15) is 37.4 Å². The highest BCUT2D eigenvalue weighted by Gasteiger charge is 2.31. The summed E-state index contributed by atoms with van der Waals surface area (Å²) in [6.45, 7) is 2.57. The minimum atomic E-state index is -1.00. The van der Waals surface area contributed by atoms with Gasteiger partial charge in [-0.25, -0.2) is 4.39 Å². The van der Waals surface area contributed by atoms with E-state index >= 15 is 0 Å². The Morgan fingerprint density at radius 1 is 1.37 bits per heavy atom. The number of likely N-dealkylation sites (tertiary alicyclic amines) is 1. The van der Waals surface area contributed by atoms with Gasteiger partial charge in [0.1, 0.15) is 11.6 Å². The minimum Gasteiger partial charge on any atom is -0.497 e. The van der Waals surface area contributed by atoms with Gasteiger partial charge >= 0.3 is 5.97 Å². The van der Waals surface area contributed by atoms with Gasteiger partial charge in [0.2, 0.25) is 0 Å². The van der Waals surface area contributed by atoms with Crippen LogP contribution < -0.4 is 4.74 Å². The second-order valence-corrected chi connectivity index (χ2v) is 11.3. The molecular weight excluding hydrogens is 487 g/mol. The van der Waals surface area contributed by atoms with Crippen LogP contribution in [-0.4, -0.2) is 58.6 Å². The Hall–Kier alpha value is -2.20. The van der Waals surface area contributed by atoms with Crippen molar-refractivity contribution in [3.05, 3.63) is 53.3 Å². The lowest BCUT2D eigenvalue weighted by Gasteiger charge is -2.38. The first-order valence-corrected chi connectivity index (χ1v) is 13.7. The number of aliphatic hydroxyl groups excluding tert-OH is 1. The number of fused-ring (bicyclic) bond motifs is 1. The number of hydrogen-bond acceptors (Lipinski definition) is 7. The van der Waals surface area contributed by atoms with E-state index in [2.05, 4.69) is 21.3 Å². The average molecular weight is 519 g/mol. The van der Waals surface area contributed by atoms with Gasteiger partial charge in [-0.05, 0) is 67.3 Å². The zero-order valence-corrected chi connectivity index (χ0v) is 21.4. The molecule has 0 aliphatic carbocycles. The second-order valence-electron chi connectivity index (χ2n) is 8.98. The molecule has 4 rings (SSSR count). The van der Waals surface area contributed by atoms with E-state index in [1.165, 1.54) is 4.21 Å². The molecule has 0 bridgehead atoms. The summed E-state index contributed by atoms with van der Waals surface area (Å²) in [5, 5.41) is 23.1. The average Bonchev–Trinajstić information content (AvgIpc) is 3.36. The third-order valence-corrected chi connectivity index (χ3v) is 8.88. The maximum Gasteiger partial charge on any atom is 0.303 e. The number of ether oxygens (including phenoxy) is 1. The topological polar surface area (TPSA) is 82.9 Å². The molecule has 1 aliphatic heterocycles. The van der Waals surface area contributed by atoms with Crippen LogP contribution in [-0.2, 0) is 4.79 Å². The Balaban J connectivity index is 1.39. The fraction of sp³-hybridized carbons (Fsp3) is 0.462. The molecule has 0 amide bonds. The highest BCUT2D eigenvalue weighted by atomic mass is 32.2. The zero-order chi connectivity index (χ0) is 24.8. The minimum absolute atomic E-state index is 0.0133. The molecule has 2 N–H and O–H groups in total. The van der Waals surface area contributed by atoms with Gasteiger partial charge in [0.25, 0.3) is 0 Å². The molecule has 3 aromatic rings. The number of pyridine rings is 1. The zero-order valence-electron chi connectivity index (χ0n) is 19.7. The quantitative estimate of drug-likeness (QED) is 0.326. The molecule has 1 aliphatic rings. The van der Waals surface area contributed by atoms with E-state index in [4.69, 9.17) is 4.74 Å². The normalized spacial score (nSPS) is 19.6. The van der Waals surface area contributed by atoms with Crippen molar-refractivity contribution in [1.29, 1.82) is 0 Å². The SMILES string of the molecule is COc1ccc2ncc(F)c([C@H](O)CCC3CCN(CCSc4cccs4)C[C@H]3CC(=O)O)c2c1. The molecule has 1 aromatic carbocycles. The number of carboxylic acid groups (broad SMARTS) is 1. The molecule has 0 spiro atoms. The first-order valence-electron chi connectivity index (χ1n) is 11.8. The maximum absolute atomic E-state index is 14.7. The number of methoxy groups -OCH3 is 1. The standard InChI is InChI=1S/C26H31FN2O4S2/c1-33-19-5-6-22-20(14-19)26(21(27)15-28-22)23(30)7-4-17-8-9-29(16-18(17)13-24(31)32)10-12-35-25-3-2-11-34-25/h2-3,5-6,11,14-15,17-18,23,30H,4,7-10,12-13,16H2,1H3,(H,31,32)/t17?,18-,23-/m1/s1. The summed E-state index contributed by atoms with van der Waals surface area (Å²) < 4.78 is 21.3. The summed E-state index contributed by atoms with van der Waals surface area (Å²) in [6.07, 6.45) is 2.14. The third-order valence-electron chi connectivity index (χ3n) is 6.77. The van der Waals surface area contributed by atoms with Crippen LogP contribution in [0.15, 0.2) is 46.1 Å². The van der Waals surface area contributed by atoms with E-state index in [-0.39, 0.29) is 23.8 Å². The van der Waals surface area contributed by atoms with Crippen LogP contribution in [0.5, 0.6) is 5.75 Å². The van der Waals surface area contributed by atoms with Gasteiger partial charge in [0, 0.05) is 36.2 Å². The summed E-state index contributed by atoms with van der Waals surface area (Å²) in [4.78, 5) is 18.0. The Morgan fingerprint density at radius 2 is 2.23 bits per heavy atom. The van der Waals surface area contributed by atoms with Crippen LogP contribution >= 0.6 is 23.1 Å². The number of benzene rings is 1. The number of carboxylic acids is 1. The predicted octanol–water partition coefficient (Wildman–Crippen LogP) is 5.46. The lowest BCUT2D eigenvalue weighted by molar-refractivity contribution is -0.139. The molecule has 1 fully saturated rings. The van der Waals surface area contributed by atoms with E-state index in [1.807, 2.05) is 17.8 Å². The molecule has 35 heavy (non-hydrogen) atoms. The summed E-state index contributed by atoms with van der Waals surface area (Å²) in [7, 11) is 1.54. The van der Waals surface area contributed by atoms with Crippen molar-refractivity contribution in [2.45, 2.75) is 36.0 Å². The van der Waals surface area contributed by atoms with E-state index in [0.717, 1.165) is 38.0 Å². The summed E-state index contributed by atoms with van der Waals surface area (Å²) in [6, 6.07) is 9.37. The van der Waals surface area contributed by atoms with Crippen LogP contribution in [0, 0.1) is 17.7 Å². The number of aliphatic hydroxyl groups is 1. The number of thiophene rings is 1. The van der Waals surface area contributed by atoms with Gasteiger partial charge in [-0.2, -0.15) is 0 Å². The van der Waals surface area contributed by atoms with E-state index in [9.17, 15) is 19.4 Å². The molecule has 3 atom stereocenters. The van der Waals surface area contributed by atoms with Crippen molar-refractivity contribution in [3.8, 4) is 5.75 Å². The monoisotopic (exact) mass is 518 g/mol. The number of thioether (sulfide) groups is 1. The van der Waals surface area contributed by atoms with Crippen molar-refractivity contribution in [1.82, 2.24) is 9.88 Å². The van der Waals surface area contributed by atoms with E-state index in [1.54, 1.807) is 36.6 Å². The lowest BCUT2D eigenvalue weighted by atomic mass is 9.79. The number of halogens is 1. The fourth-order valence-electron chi connectivity index (χ4n) is 4.97. The third kappa shape index (κ3) is 6.73. The molecule has 2 aromatic heterocycles. The van der Waals surface area contributed by atoms with Gasteiger partial charge in [-0.3, -0.25) is 9.78 Å². The molecule has 1 unspecified atom stereocenters. The number of aromatic nitrogens is 1. The molecule has 6 nitrogen and oxygen atoms in total. The van der Waals surface area contributed by atoms with Gasteiger partial charge in [0.15, 0.2) is 0 Å². The van der Waals surface area contributed by atoms with Crippen molar-refractivity contribution in [2.24, 2.45) is 11.8 Å². The number of hydrogen-bond donors (Lipinski definition) is 2. The molecule has 1 saturated heterocycles. The molecule has 9 heteroatoms. The molecule has 0 saturated carbocycles. The first-order chi connectivity index (χ1) is 16.9. The van der Waals surface area contributed by atoms with E-state index < -0.39 is 17.9 Å². The number of piperidine rings is 1. The van der Waals surface area contributed by atoms with Gasteiger partial charge in [-0.15, -0.1) is 23.1 Å². The van der Waals surface area contributed by atoms with Gasteiger partial charge < -0.3 is 19.8 Å². The number of rotatable bonds is 11.